The molecule has 1 aromatic carbocycles. The summed E-state index contributed by atoms with van der Waals surface area (Å²) in [7, 11) is 0. The van der Waals surface area contributed by atoms with Crippen LogP contribution in [-0.4, -0.2) is 33.9 Å². The number of carbonyl (C=O) groups excluding carboxylic acids is 2. The summed E-state index contributed by atoms with van der Waals surface area (Å²) in [6, 6.07) is 7.01. The Bertz CT molecular complexity index is 915. The number of carbonyl (C=O) groups is 2. The van der Waals surface area contributed by atoms with Gasteiger partial charge in [-0.3, -0.25) is 4.79 Å². The second-order valence-corrected chi connectivity index (χ2v) is 5.79. The van der Waals surface area contributed by atoms with Crippen molar-refractivity contribution in [1.82, 2.24) is 9.78 Å². The molecule has 0 amide bonds. The molecule has 0 spiro atoms. The standard InChI is InChI=1S/C17H14ClFN4O3/c1-9(21)13(7-20)14(24)8-26-17(25)15-10(2)22-23(16(15)18)12-5-3-11(19)4-6-12/h3-6,13,21H,8H2,1-2H3/t13-/m1/s1. The number of ether oxygens (including phenoxy) is 1. The topological polar surface area (TPSA) is 109 Å². The van der Waals surface area contributed by atoms with Crippen LogP contribution in [0.5, 0.6) is 0 Å². The molecule has 0 aliphatic carbocycles. The Morgan fingerprint density at radius 1 is 1.42 bits per heavy atom. The fraction of sp³-hybridized carbons (Fsp3) is 0.235. The van der Waals surface area contributed by atoms with Crippen molar-refractivity contribution in [3.8, 4) is 11.8 Å². The average molecular weight is 377 g/mol. The van der Waals surface area contributed by atoms with Crippen LogP contribution in [-0.2, 0) is 9.53 Å². The van der Waals surface area contributed by atoms with Gasteiger partial charge in [0.15, 0.2) is 12.4 Å². The zero-order valence-electron chi connectivity index (χ0n) is 13.9. The fourth-order valence-electron chi connectivity index (χ4n) is 2.19. The molecule has 0 saturated carbocycles. The van der Waals surface area contributed by atoms with Crippen molar-refractivity contribution in [3.05, 3.63) is 46.5 Å². The first kappa shape index (κ1) is 19.3. The Morgan fingerprint density at radius 3 is 2.58 bits per heavy atom. The Labute approximate surface area is 153 Å². The van der Waals surface area contributed by atoms with E-state index in [1.165, 1.54) is 42.8 Å². The van der Waals surface area contributed by atoms with Gasteiger partial charge in [0.1, 0.15) is 22.5 Å². The predicted molar refractivity (Wildman–Crippen MR) is 91.1 cm³/mol. The minimum absolute atomic E-state index is 0.0381. The molecule has 9 heteroatoms. The summed E-state index contributed by atoms with van der Waals surface area (Å²) in [6.45, 7) is 2.19. The highest BCUT2D eigenvalue weighted by Gasteiger charge is 2.26. The van der Waals surface area contributed by atoms with Crippen molar-refractivity contribution in [1.29, 1.82) is 10.7 Å². The van der Waals surface area contributed by atoms with Crippen LogP contribution in [0.2, 0.25) is 5.15 Å². The molecule has 26 heavy (non-hydrogen) atoms. The van der Waals surface area contributed by atoms with Gasteiger partial charge < -0.3 is 10.1 Å². The molecule has 1 heterocycles. The Balaban J connectivity index is 2.20. The molecule has 2 rings (SSSR count). The number of halogens is 2. The molecule has 0 aliphatic heterocycles. The summed E-state index contributed by atoms with van der Waals surface area (Å²) in [5.74, 6) is -3.27. The van der Waals surface area contributed by atoms with E-state index in [1.807, 2.05) is 0 Å². The van der Waals surface area contributed by atoms with Gasteiger partial charge in [-0.15, -0.1) is 0 Å². The molecule has 0 bridgehead atoms. The van der Waals surface area contributed by atoms with Gasteiger partial charge in [-0.1, -0.05) is 11.6 Å². The maximum absolute atomic E-state index is 13.0. The quantitative estimate of drug-likeness (QED) is 0.615. The largest absolute Gasteiger partial charge is 0.454 e. The van der Waals surface area contributed by atoms with E-state index in [0.717, 1.165) is 0 Å². The Hall–Kier alpha value is -3.05. The highest BCUT2D eigenvalue weighted by Crippen LogP contribution is 2.24. The predicted octanol–water partition coefficient (Wildman–Crippen LogP) is 2.88. The molecular weight excluding hydrogens is 363 g/mol. The number of benzene rings is 1. The number of aromatic nitrogens is 2. The summed E-state index contributed by atoms with van der Waals surface area (Å²) < 4.78 is 19.2. The average Bonchev–Trinajstić information content (AvgIpc) is 2.88. The number of aryl methyl sites for hydroxylation is 1. The number of ketones is 1. The zero-order chi connectivity index (χ0) is 19.4. The van der Waals surface area contributed by atoms with Crippen molar-refractivity contribution in [2.24, 2.45) is 5.92 Å². The van der Waals surface area contributed by atoms with Gasteiger partial charge in [0.05, 0.1) is 17.5 Å². The number of rotatable bonds is 6. The molecule has 0 unspecified atom stereocenters. The highest BCUT2D eigenvalue weighted by molar-refractivity contribution is 6.33. The van der Waals surface area contributed by atoms with E-state index in [9.17, 15) is 14.0 Å². The monoisotopic (exact) mass is 376 g/mol. The van der Waals surface area contributed by atoms with Gasteiger partial charge >= 0.3 is 5.97 Å². The second-order valence-electron chi connectivity index (χ2n) is 5.43. The lowest BCUT2D eigenvalue weighted by Crippen LogP contribution is -2.25. The molecule has 1 N–H and O–H groups in total. The molecule has 0 aliphatic rings. The van der Waals surface area contributed by atoms with E-state index < -0.39 is 30.1 Å². The molecule has 0 fully saturated rings. The minimum atomic E-state index is -1.26. The van der Waals surface area contributed by atoms with Crippen LogP contribution in [0.15, 0.2) is 24.3 Å². The minimum Gasteiger partial charge on any atom is -0.454 e. The van der Waals surface area contributed by atoms with Gasteiger partial charge in [-0.05, 0) is 38.1 Å². The molecule has 7 nitrogen and oxygen atoms in total. The van der Waals surface area contributed by atoms with Crippen molar-refractivity contribution in [2.75, 3.05) is 6.61 Å². The van der Waals surface area contributed by atoms with E-state index in [1.54, 1.807) is 6.07 Å². The lowest BCUT2D eigenvalue weighted by molar-refractivity contribution is -0.122. The maximum atomic E-state index is 13.0. The number of hydrogen-bond donors (Lipinski definition) is 1. The smallest absolute Gasteiger partial charge is 0.343 e. The Morgan fingerprint density at radius 2 is 2.04 bits per heavy atom. The van der Waals surface area contributed by atoms with Crippen LogP contribution in [0.25, 0.3) is 5.69 Å². The molecule has 1 aromatic heterocycles. The van der Waals surface area contributed by atoms with E-state index in [-0.39, 0.29) is 22.1 Å². The normalized spacial score (nSPS) is 11.5. The second kappa shape index (κ2) is 7.89. The van der Waals surface area contributed by atoms with Crippen molar-refractivity contribution < 1.29 is 18.7 Å². The van der Waals surface area contributed by atoms with Gasteiger partial charge in [0, 0.05) is 5.71 Å². The number of nitriles is 1. The summed E-state index contributed by atoms with van der Waals surface area (Å²) in [5.41, 5.74) is 0.534. The number of Topliss-reactive ketones (excluding diaryl/α,β-unsaturated/α-hetero) is 1. The van der Waals surface area contributed by atoms with Gasteiger partial charge in [-0.25, -0.2) is 13.9 Å². The molecule has 0 saturated heterocycles. The summed E-state index contributed by atoms with van der Waals surface area (Å²) in [5, 5.41) is 20.3. The zero-order valence-corrected chi connectivity index (χ0v) is 14.7. The van der Waals surface area contributed by atoms with Crippen LogP contribution in [0.4, 0.5) is 4.39 Å². The van der Waals surface area contributed by atoms with Gasteiger partial charge in [0.25, 0.3) is 0 Å². The fourth-order valence-corrected chi connectivity index (χ4v) is 2.54. The lowest BCUT2D eigenvalue weighted by Gasteiger charge is -2.07. The summed E-state index contributed by atoms with van der Waals surface area (Å²) >= 11 is 6.19. The van der Waals surface area contributed by atoms with Crippen LogP contribution < -0.4 is 0 Å². The molecular formula is C17H14ClFN4O3. The van der Waals surface area contributed by atoms with Crippen LogP contribution in [0, 0.1) is 35.4 Å². The first-order valence-electron chi connectivity index (χ1n) is 7.41. The van der Waals surface area contributed by atoms with E-state index in [0.29, 0.717) is 5.69 Å². The number of nitrogens with zero attached hydrogens (tertiary/aromatic N) is 3. The van der Waals surface area contributed by atoms with E-state index in [2.05, 4.69) is 5.10 Å². The maximum Gasteiger partial charge on any atom is 0.343 e. The molecule has 0 radical (unpaired) electrons. The van der Waals surface area contributed by atoms with Crippen molar-refractivity contribution >= 4 is 29.1 Å². The number of hydrogen-bond acceptors (Lipinski definition) is 6. The molecule has 134 valence electrons. The van der Waals surface area contributed by atoms with Crippen molar-refractivity contribution in [3.63, 3.8) is 0 Å². The SMILES string of the molecule is CC(=N)[C@@H](C#N)C(=O)COC(=O)c1c(C)nn(-c2ccc(F)cc2)c1Cl. The molecule has 2 aromatic rings. The number of esters is 1. The van der Waals surface area contributed by atoms with Crippen LogP contribution in [0.1, 0.15) is 23.0 Å². The summed E-state index contributed by atoms with van der Waals surface area (Å²) in [4.78, 5) is 24.1. The summed E-state index contributed by atoms with van der Waals surface area (Å²) in [6.07, 6.45) is 0. The van der Waals surface area contributed by atoms with Crippen LogP contribution in [0.3, 0.4) is 0 Å². The van der Waals surface area contributed by atoms with Gasteiger partial charge in [-0.2, -0.15) is 10.4 Å². The van der Waals surface area contributed by atoms with Gasteiger partial charge in [0.2, 0.25) is 0 Å². The Kier molecular flexibility index (Phi) is 5.85. The number of nitrogens with one attached hydrogen (secondary N) is 1. The third-order valence-electron chi connectivity index (χ3n) is 3.51. The first-order chi connectivity index (χ1) is 12.3. The molecule has 1 atom stereocenters. The first-order valence-corrected chi connectivity index (χ1v) is 7.79. The highest BCUT2D eigenvalue weighted by atomic mass is 35.5. The van der Waals surface area contributed by atoms with E-state index in [4.69, 9.17) is 27.0 Å². The lowest BCUT2D eigenvalue weighted by atomic mass is 10.0. The van der Waals surface area contributed by atoms with E-state index >= 15 is 0 Å². The van der Waals surface area contributed by atoms with Crippen LogP contribution >= 0.6 is 11.6 Å². The van der Waals surface area contributed by atoms with Crippen molar-refractivity contribution in [2.45, 2.75) is 13.8 Å². The third kappa shape index (κ3) is 3.95. The third-order valence-corrected chi connectivity index (χ3v) is 3.86.